The number of carbonyl (C=O) groups is 2. The molecule has 0 spiro atoms. The standard InChI is InChI=1S/C27H23F3N2O5/c1-35-23-12-13-24(36-2)20(15-23)11-14-26(34)37-18-25(33)32(31-17-19-7-4-3-5-8-19)22-10-6-9-21(16-22)27(28,29)30/h3-17H,18H2,1-2H3. The molecule has 0 saturated carbocycles. The summed E-state index contributed by atoms with van der Waals surface area (Å²) in [6.45, 7) is -0.763. The van der Waals surface area contributed by atoms with E-state index in [1.54, 1.807) is 48.5 Å². The molecule has 0 aliphatic rings. The molecule has 3 aromatic rings. The number of halogens is 3. The highest BCUT2D eigenvalue weighted by atomic mass is 19.4. The third kappa shape index (κ3) is 7.69. The third-order valence-corrected chi connectivity index (χ3v) is 4.95. The van der Waals surface area contributed by atoms with Gasteiger partial charge in [-0.05, 0) is 48.0 Å². The van der Waals surface area contributed by atoms with Crippen LogP contribution in [0.2, 0.25) is 0 Å². The van der Waals surface area contributed by atoms with Crippen LogP contribution >= 0.6 is 0 Å². The van der Waals surface area contributed by atoms with Gasteiger partial charge in [-0.3, -0.25) is 4.79 Å². The Morgan fingerprint density at radius 1 is 0.946 bits per heavy atom. The number of rotatable bonds is 9. The highest BCUT2D eigenvalue weighted by Gasteiger charge is 2.31. The van der Waals surface area contributed by atoms with E-state index in [-0.39, 0.29) is 5.69 Å². The monoisotopic (exact) mass is 512 g/mol. The molecular formula is C27H23F3N2O5. The van der Waals surface area contributed by atoms with Gasteiger partial charge in [0.15, 0.2) is 6.61 Å². The van der Waals surface area contributed by atoms with Crippen LogP contribution in [-0.4, -0.2) is 38.9 Å². The number of nitrogens with zero attached hydrogens (tertiary/aromatic N) is 2. The number of anilines is 1. The number of methoxy groups -OCH3 is 2. The number of hydrazone groups is 1. The van der Waals surface area contributed by atoms with Gasteiger partial charge in [-0.25, -0.2) is 4.79 Å². The molecule has 7 nitrogen and oxygen atoms in total. The lowest BCUT2D eigenvalue weighted by Crippen LogP contribution is -2.30. The summed E-state index contributed by atoms with van der Waals surface area (Å²) in [5.41, 5.74) is 0.0483. The number of alkyl halides is 3. The molecule has 3 rings (SSSR count). The summed E-state index contributed by atoms with van der Waals surface area (Å²) < 4.78 is 55.1. The van der Waals surface area contributed by atoms with E-state index in [9.17, 15) is 22.8 Å². The highest BCUT2D eigenvalue weighted by molar-refractivity contribution is 5.97. The minimum atomic E-state index is -4.62. The van der Waals surface area contributed by atoms with Crippen molar-refractivity contribution < 1.29 is 37.0 Å². The zero-order valence-electron chi connectivity index (χ0n) is 19.9. The fourth-order valence-electron chi connectivity index (χ4n) is 3.12. The van der Waals surface area contributed by atoms with E-state index in [1.807, 2.05) is 0 Å². The van der Waals surface area contributed by atoms with Crippen LogP contribution in [0.3, 0.4) is 0 Å². The van der Waals surface area contributed by atoms with Crippen LogP contribution < -0.4 is 14.5 Å². The van der Waals surface area contributed by atoms with E-state index >= 15 is 0 Å². The average molecular weight is 512 g/mol. The molecule has 0 fully saturated rings. The second kappa shape index (κ2) is 12.4. The van der Waals surface area contributed by atoms with Crippen molar-refractivity contribution in [2.75, 3.05) is 25.8 Å². The maximum Gasteiger partial charge on any atom is 0.416 e. The van der Waals surface area contributed by atoms with E-state index < -0.39 is 30.2 Å². The Morgan fingerprint density at radius 2 is 1.70 bits per heavy atom. The van der Waals surface area contributed by atoms with Crippen molar-refractivity contribution in [3.05, 3.63) is 95.6 Å². The number of hydrogen-bond donors (Lipinski definition) is 0. The predicted molar refractivity (Wildman–Crippen MR) is 133 cm³/mol. The van der Waals surface area contributed by atoms with E-state index in [2.05, 4.69) is 5.10 Å². The fourth-order valence-corrected chi connectivity index (χ4v) is 3.12. The Bertz CT molecular complexity index is 1290. The maximum atomic E-state index is 13.2. The average Bonchev–Trinajstić information content (AvgIpc) is 2.91. The van der Waals surface area contributed by atoms with Crippen molar-refractivity contribution in [1.29, 1.82) is 0 Å². The third-order valence-electron chi connectivity index (χ3n) is 4.95. The van der Waals surface area contributed by atoms with Crippen LogP contribution in [-0.2, 0) is 20.5 Å². The van der Waals surface area contributed by atoms with Crippen LogP contribution in [0.15, 0.2) is 84.0 Å². The first-order valence-corrected chi connectivity index (χ1v) is 10.9. The van der Waals surface area contributed by atoms with Crippen molar-refractivity contribution in [3.8, 4) is 11.5 Å². The van der Waals surface area contributed by atoms with Crippen LogP contribution in [0, 0.1) is 0 Å². The predicted octanol–water partition coefficient (Wildman–Crippen LogP) is 5.35. The molecule has 37 heavy (non-hydrogen) atoms. The van der Waals surface area contributed by atoms with Gasteiger partial charge in [-0.15, -0.1) is 0 Å². The molecule has 3 aromatic carbocycles. The molecule has 0 bridgehead atoms. The molecular weight excluding hydrogens is 489 g/mol. The fraction of sp³-hybridized carbons (Fsp3) is 0.148. The summed E-state index contributed by atoms with van der Waals surface area (Å²) >= 11 is 0. The van der Waals surface area contributed by atoms with E-state index in [0.29, 0.717) is 22.6 Å². The van der Waals surface area contributed by atoms with Crippen LogP contribution in [0.4, 0.5) is 18.9 Å². The van der Waals surface area contributed by atoms with Gasteiger partial charge in [0.1, 0.15) is 11.5 Å². The Hall–Kier alpha value is -4.60. The van der Waals surface area contributed by atoms with Crippen molar-refractivity contribution >= 4 is 29.9 Å². The second-order valence-electron chi connectivity index (χ2n) is 7.46. The molecule has 0 radical (unpaired) electrons. The smallest absolute Gasteiger partial charge is 0.416 e. The SMILES string of the molecule is COc1ccc(OC)c(C=CC(=O)OCC(=O)N(N=Cc2ccccc2)c2cccc(C(F)(F)F)c2)c1. The van der Waals surface area contributed by atoms with Gasteiger partial charge in [0, 0.05) is 11.6 Å². The molecule has 0 saturated heterocycles. The zero-order chi connectivity index (χ0) is 26.8. The normalized spacial score (nSPS) is 11.5. The van der Waals surface area contributed by atoms with Crippen LogP contribution in [0.5, 0.6) is 11.5 Å². The number of amides is 1. The molecule has 0 aromatic heterocycles. The molecule has 0 N–H and O–H groups in total. The van der Waals surface area contributed by atoms with Crippen molar-refractivity contribution in [2.24, 2.45) is 5.10 Å². The van der Waals surface area contributed by atoms with Gasteiger partial charge >= 0.3 is 12.1 Å². The number of ether oxygens (including phenoxy) is 3. The summed E-state index contributed by atoms with van der Waals surface area (Å²) in [7, 11) is 2.96. The molecule has 10 heteroatoms. The van der Waals surface area contributed by atoms with Crippen molar-refractivity contribution in [1.82, 2.24) is 0 Å². The molecule has 192 valence electrons. The highest BCUT2D eigenvalue weighted by Crippen LogP contribution is 2.32. The van der Waals surface area contributed by atoms with Crippen LogP contribution in [0.1, 0.15) is 16.7 Å². The number of carbonyl (C=O) groups excluding carboxylic acids is 2. The van der Waals surface area contributed by atoms with Gasteiger partial charge in [-0.1, -0.05) is 36.4 Å². The minimum absolute atomic E-state index is 0.139. The van der Waals surface area contributed by atoms with Crippen molar-refractivity contribution in [3.63, 3.8) is 0 Å². The van der Waals surface area contributed by atoms with Gasteiger partial charge in [-0.2, -0.15) is 23.3 Å². The lowest BCUT2D eigenvalue weighted by molar-refractivity contribution is -0.142. The maximum absolute atomic E-state index is 13.2. The largest absolute Gasteiger partial charge is 0.497 e. The van der Waals surface area contributed by atoms with Gasteiger partial charge in [0.05, 0.1) is 31.7 Å². The first-order chi connectivity index (χ1) is 17.7. The van der Waals surface area contributed by atoms with Gasteiger partial charge in [0.2, 0.25) is 0 Å². The Morgan fingerprint density at radius 3 is 2.38 bits per heavy atom. The molecule has 0 atom stereocenters. The number of hydrogen-bond acceptors (Lipinski definition) is 6. The van der Waals surface area contributed by atoms with E-state index in [0.717, 1.165) is 29.3 Å². The zero-order valence-corrected chi connectivity index (χ0v) is 19.9. The summed E-state index contributed by atoms with van der Waals surface area (Å²) in [6, 6.07) is 17.8. The minimum Gasteiger partial charge on any atom is -0.497 e. The van der Waals surface area contributed by atoms with E-state index in [4.69, 9.17) is 14.2 Å². The summed E-state index contributed by atoms with van der Waals surface area (Å²) in [6.07, 6.45) is -0.792. The van der Waals surface area contributed by atoms with Crippen LogP contribution in [0.25, 0.3) is 6.08 Å². The molecule has 1 amide bonds. The Labute approximate surface area is 211 Å². The van der Waals surface area contributed by atoms with Gasteiger partial charge in [0.25, 0.3) is 5.91 Å². The first-order valence-electron chi connectivity index (χ1n) is 10.9. The molecule has 0 aliphatic heterocycles. The Kier molecular flexibility index (Phi) is 9.04. The number of benzene rings is 3. The van der Waals surface area contributed by atoms with Crippen molar-refractivity contribution in [2.45, 2.75) is 6.18 Å². The quantitative estimate of drug-likeness (QED) is 0.167. The second-order valence-corrected chi connectivity index (χ2v) is 7.46. The first kappa shape index (κ1) is 27.0. The molecule has 0 heterocycles. The van der Waals surface area contributed by atoms with E-state index in [1.165, 1.54) is 32.6 Å². The Balaban J connectivity index is 1.77. The summed E-state index contributed by atoms with van der Waals surface area (Å²) in [4.78, 5) is 25.1. The summed E-state index contributed by atoms with van der Waals surface area (Å²) in [5.74, 6) is -0.689. The number of esters is 1. The summed E-state index contributed by atoms with van der Waals surface area (Å²) in [5, 5.41) is 4.81. The lowest BCUT2D eigenvalue weighted by Gasteiger charge is -2.18. The topological polar surface area (TPSA) is 77.4 Å². The lowest BCUT2D eigenvalue weighted by atomic mass is 10.1. The molecule has 0 aliphatic carbocycles. The van der Waals surface area contributed by atoms with Gasteiger partial charge < -0.3 is 14.2 Å². The molecule has 0 unspecified atom stereocenters.